The van der Waals surface area contributed by atoms with Crippen LogP contribution < -0.4 is 10.5 Å². The number of anilines is 1. The van der Waals surface area contributed by atoms with E-state index in [2.05, 4.69) is 22.1 Å². The minimum absolute atomic E-state index is 0.194. The molecule has 0 aliphatic carbocycles. The fraction of sp³-hybridized carbons (Fsp3) is 0.133. The van der Waals surface area contributed by atoms with Gasteiger partial charge in [-0.25, -0.2) is 0 Å². The normalized spacial score (nSPS) is 10.7. The predicted octanol–water partition coefficient (Wildman–Crippen LogP) is 2.96. The highest BCUT2D eigenvalue weighted by Gasteiger charge is 2.07. The molecule has 0 spiro atoms. The second kappa shape index (κ2) is 5.13. The topological polar surface area (TPSA) is 73.9 Å². The average molecular weight is 266 g/mol. The van der Waals surface area contributed by atoms with Crippen LogP contribution in [0.15, 0.2) is 42.5 Å². The lowest BCUT2D eigenvalue weighted by atomic mass is 10.1. The molecule has 1 aromatic heterocycles. The van der Waals surface area contributed by atoms with E-state index in [-0.39, 0.29) is 6.01 Å². The standard InChI is InChI=1S/C15H14N4O/c1-2-10-7-8-14(11(16)9-10)20-15-17-12-5-3-4-6-13(12)18-19-15/h3-9H,2,16H2,1H3. The fourth-order valence-corrected chi connectivity index (χ4v) is 1.92. The van der Waals surface area contributed by atoms with Gasteiger partial charge in [-0.15, -0.1) is 5.10 Å². The summed E-state index contributed by atoms with van der Waals surface area (Å²) >= 11 is 0. The van der Waals surface area contributed by atoms with Crippen molar-refractivity contribution < 1.29 is 4.74 Å². The van der Waals surface area contributed by atoms with Crippen molar-refractivity contribution in [3.63, 3.8) is 0 Å². The Labute approximate surface area is 116 Å². The number of hydrogen-bond donors (Lipinski definition) is 1. The number of aromatic nitrogens is 3. The molecule has 1 heterocycles. The molecule has 2 N–H and O–H groups in total. The summed E-state index contributed by atoms with van der Waals surface area (Å²) in [6.07, 6.45) is 0.929. The van der Waals surface area contributed by atoms with Crippen molar-refractivity contribution in [2.75, 3.05) is 5.73 Å². The Kier molecular flexibility index (Phi) is 3.16. The van der Waals surface area contributed by atoms with E-state index in [0.29, 0.717) is 11.4 Å². The molecule has 0 atom stereocenters. The Morgan fingerprint density at radius 2 is 1.85 bits per heavy atom. The van der Waals surface area contributed by atoms with E-state index in [0.717, 1.165) is 23.0 Å². The van der Waals surface area contributed by atoms with E-state index in [1.807, 2.05) is 42.5 Å². The molecule has 0 unspecified atom stereocenters. The Bertz CT molecular complexity index is 758. The van der Waals surface area contributed by atoms with Gasteiger partial charge in [0.1, 0.15) is 5.52 Å². The minimum Gasteiger partial charge on any atom is -0.421 e. The maximum absolute atomic E-state index is 5.96. The van der Waals surface area contributed by atoms with Crippen LogP contribution >= 0.6 is 0 Å². The molecule has 0 amide bonds. The first-order chi connectivity index (χ1) is 9.76. The van der Waals surface area contributed by atoms with Gasteiger partial charge in [-0.1, -0.05) is 30.2 Å². The number of fused-ring (bicyclic) bond motifs is 1. The van der Waals surface area contributed by atoms with Gasteiger partial charge >= 0.3 is 6.01 Å². The van der Waals surface area contributed by atoms with Gasteiger partial charge < -0.3 is 10.5 Å². The molecule has 0 saturated carbocycles. The van der Waals surface area contributed by atoms with Crippen molar-refractivity contribution in [3.05, 3.63) is 48.0 Å². The van der Waals surface area contributed by atoms with E-state index in [1.165, 1.54) is 0 Å². The highest BCUT2D eigenvalue weighted by atomic mass is 16.5. The number of hydrogen-bond acceptors (Lipinski definition) is 5. The molecule has 0 aliphatic heterocycles. The number of nitrogens with two attached hydrogens (primary N) is 1. The zero-order valence-electron chi connectivity index (χ0n) is 11.1. The second-order valence-corrected chi connectivity index (χ2v) is 4.41. The summed E-state index contributed by atoms with van der Waals surface area (Å²) in [4.78, 5) is 4.30. The quantitative estimate of drug-likeness (QED) is 0.738. The molecular weight excluding hydrogens is 252 g/mol. The largest absolute Gasteiger partial charge is 0.421 e. The first-order valence-electron chi connectivity index (χ1n) is 6.42. The Morgan fingerprint density at radius 1 is 1.05 bits per heavy atom. The van der Waals surface area contributed by atoms with Crippen LogP contribution in [0.4, 0.5) is 5.69 Å². The summed E-state index contributed by atoms with van der Waals surface area (Å²) in [6, 6.07) is 13.4. The van der Waals surface area contributed by atoms with Crippen LogP contribution in [0, 0.1) is 0 Å². The molecule has 3 aromatic rings. The fourth-order valence-electron chi connectivity index (χ4n) is 1.92. The highest BCUT2D eigenvalue weighted by Crippen LogP contribution is 2.26. The maximum Gasteiger partial charge on any atom is 0.341 e. The monoisotopic (exact) mass is 266 g/mol. The van der Waals surface area contributed by atoms with Crippen LogP contribution in [-0.2, 0) is 6.42 Å². The lowest BCUT2D eigenvalue weighted by Crippen LogP contribution is -1.98. The van der Waals surface area contributed by atoms with Gasteiger partial charge in [-0.3, -0.25) is 0 Å². The van der Waals surface area contributed by atoms with Gasteiger partial charge in [-0.2, -0.15) is 4.98 Å². The third kappa shape index (κ3) is 2.38. The number of nitrogen functional groups attached to an aromatic ring is 1. The van der Waals surface area contributed by atoms with Gasteiger partial charge in [0.2, 0.25) is 0 Å². The Morgan fingerprint density at radius 3 is 2.60 bits per heavy atom. The molecule has 100 valence electrons. The summed E-state index contributed by atoms with van der Waals surface area (Å²) in [5, 5.41) is 8.01. The molecular formula is C15H14N4O. The van der Waals surface area contributed by atoms with Crippen LogP contribution in [0.25, 0.3) is 11.0 Å². The van der Waals surface area contributed by atoms with E-state index in [4.69, 9.17) is 10.5 Å². The molecule has 0 saturated heterocycles. The highest BCUT2D eigenvalue weighted by molar-refractivity contribution is 5.73. The molecule has 0 radical (unpaired) electrons. The third-order valence-corrected chi connectivity index (χ3v) is 3.02. The van der Waals surface area contributed by atoms with Crippen molar-refractivity contribution in [3.8, 4) is 11.8 Å². The maximum atomic E-state index is 5.96. The molecule has 5 nitrogen and oxygen atoms in total. The third-order valence-electron chi connectivity index (χ3n) is 3.02. The summed E-state index contributed by atoms with van der Waals surface area (Å²) in [5.74, 6) is 0.541. The number of para-hydroxylation sites is 1. The molecule has 0 fully saturated rings. The lowest BCUT2D eigenvalue weighted by molar-refractivity contribution is 0.439. The van der Waals surface area contributed by atoms with Crippen molar-refractivity contribution in [1.82, 2.24) is 15.2 Å². The van der Waals surface area contributed by atoms with E-state index >= 15 is 0 Å². The van der Waals surface area contributed by atoms with Gasteiger partial charge in [0, 0.05) is 0 Å². The van der Waals surface area contributed by atoms with E-state index in [1.54, 1.807) is 0 Å². The Hall–Kier alpha value is -2.69. The number of ether oxygens (including phenoxy) is 1. The molecule has 20 heavy (non-hydrogen) atoms. The van der Waals surface area contributed by atoms with Gasteiger partial charge in [0.25, 0.3) is 0 Å². The number of aryl methyl sites for hydroxylation is 1. The van der Waals surface area contributed by atoms with Crippen LogP contribution in [0.2, 0.25) is 0 Å². The number of nitrogens with zero attached hydrogens (tertiary/aromatic N) is 3. The molecule has 5 heteroatoms. The van der Waals surface area contributed by atoms with Crippen LogP contribution in [0.5, 0.6) is 11.8 Å². The molecule has 2 aromatic carbocycles. The number of benzene rings is 2. The first kappa shape index (κ1) is 12.3. The zero-order valence-corrected chi connectivity index (χ0v) is 11.1. The van der Waals surface area contributed by atoms with Crippen LogP contribution in [0.1, 0.15) is 12.5 Å². The van der Waals surface area contributed by atoms with Crippen LogP contribution in [-0.4, -0.2) is 15.2 Å². The second-order valence-electron chi connectivity index (χ2n) is 4.41. The smallest absolute Gasteiger partial charge is 0.341 e. The first-order valence-corrected chi connectivity index (χ1v) is 6.42. The minimum atomic E-state index is 0.194. The lowest BCUT2D eigenvalue weighted by Gasteiger charge is -2.08. The van der Waals surface area contributed by atoms with E-state index < -0.39 is 0 Å². The zero-order chi connectivity index (χ0) is 13.9. The van der Waals surface area contributed by atoms with Crippen molar-refractivity contribution in [1.29, 1.82) is 0 Å². The van der Waals surface area contributed by atoms with Crippen molar-refractivity contribution in [2.45, 2.75) is 13.3 Å². The average Bonchev–Trinajstić information content (AvgIpc) is 2.49. The predicted molar refractivity (Wildman–Crippen MR) is 77.6 cm³/mol. The number of rotatable bonds is 3. The van der Waals surface area contributed by atoms with Gasteiger partial charge in [0.05, 0.1) is 11.2 Å². The summed E-state index contributed by atoms with van der Waals surface area (Å²) in [7, 11) is 0. The molecule has 0 bridgehead atoms. The van der Waals surface area contributed by atoms with Crippen molar-refractivity contribution in [2.24, 2.45) is 0 Å². The summed E-state index contributed by atoms with van der Waals surface area (Å²) in [5.41, 5.74) is 9.15. The molecule has 0 aliphatic rings. The van der Waals surface area contributed by atoms with Gasteiger partial charge in [0.15, 0.2) is 5.75 Å². The summed E-state index contributed by atoms with van der Waals surface area (Å²) < 4.78 is 5.61. The molecule has 3 rings (SSSR count). The Balaban J connectivity index is 1.92. The SMILES string of the molecule is CCc1ccc(Oc2nnc3ccccc3n2)c(N)c1. The van der Waals surface area contributed by atoms with E-state index in [9.17, 15) is 0 Å². The summed E-state index contributed by atoms with van der Waals surface area (Å²) in [6.45, 7) is 2.08. The van der Waals surface area contributed by atoms with Crippen molar-refractivity contribution >= 4 is 16.7 Å². The van der Waals surface area contributed by atoms with Crippen LogP contribution in [0.3, 0.4) is 0 Å². The van der Waals surface area contributed by atoms with Gasteiger partial charge in [-0.05, 0) is 36.2 Å².